The lowest BCUT2D eigenvalue weighted by molar-refractivity contribution is -0.116. The lowest BCUT2D eigenvalue weighted by Crippen LogP contribution is -2.33. The van der Waals surface area contributed by atoms with Gasteiger partial charge in [-0.1, -0.05) is 0 Å². The van der Waals surface area contributed by atoms with Gasteiger partial charge in [0.25, 0.3) is 10.0 Å². The maximum Gasteiger partial charge on any atom is 0.264 e. The van der Waals surface area contributed by atoms with E-state index in [0.29, 0.717) is 24.4 Å². The van der Waals surface area contributed by atoms with Crippen LogP contribution in [0, 0.1) is 0 Å². The highest BCUT2D eigenvalue weighted by Crippen LogP contribution is 2.35. The van der Waals surface area contributed by atoms with E-state index in [1.807, 2.05) is 6.92 Å². The highest BCUT2D eigenvalue weighted by atomic mass is 32.2. The Labute approximate surface area is 160 Å². The van der Waals surface area contributed by atoms with Crippen LogP contribution >= 0.6 is 0 Å². The van der Waals surface area contributed by atoms with Crippen LogP contribution in [0.25, 0.3) is 0 Å². The van der Waals surface area contributed by atoms with Crippen LogP contribution in [0.4, 0.5) is 11.4 Å². The second kappa shape index (κ2) is 7.23. The quantitative estimate of drug-likeness (QED) is 0.789. The highest BCUT2D eigenvalue weighted by molar-refractivity contribution is 7.92. The lowest BCUT2D eigenvalue weighted by Gasteiger charge is -2.24. The Morgan fingerprint density at radius 3 is 2.44 bits per heavy atom. The van der Waals surface area contributed by atoms with Gasteiger partial charge in [-0.05, 0) is 68.3 Å². The summed E-state index contributed by atoms with van der Waals surface area (Å²) >= 11 is 0. The molecule has 0 aromatic heterocycles. The average Bonchev–Trinajstić information content (AvgIpc) is 2.97. The zero-order valence-electron chi connectivity index (χ0n) is 16.0. The first-order chi connectivity index (χ1) is 12.8. The first-order valence-corrected chi connectivity index (χ1v) is 10.3. The molecule has 0 N–H and O–H groups in total. The van der Waals surface area contributed by atoms with Crippen molar-refractivity contribution in [2.24, 2.45) is 0 Å². The SMILES string of the molecule is CCN(c1ccc(OC)cc1)S(=O)(=O)c1ccc2c(c1)C[C@@H](C)N2C(C)=O. The molecule has 1 atom stereocenters. The number of sulfonamides is 1. The van der Waals surface area contributed by atoms with Crippen LogP contribution in [0.15, 0.2) is 47.4 Å². The van der Waals surface area contributed by atoms with Gasteiger partial charge in [-0.2, -0.15) is 0 Å². The fourth-order valence-corrected chi connectivity index (χ4v) is 5.14. The molecule has 1 aliphatic heterocycles. The van der Waals surface area contributed by atoms with Crippen LogP contribution < -0.4 is 13.9 Å². The smallest absolute Gasteiger partial charge is 0.264 e. The van der Waals surface area contributed by atoms with Gasteiger partial charge in [0, 0.05) is 25.2 Å². The fraction of sp³-hybridized carbons (Fsp3) is 0.350. The van der Waals surface area contributed by atoms with Crippen LogP contribution in [0.5, 0.6) is 5.75 Å². The van der Waals surface area contributed by atoms with Crippen molar-refractivity contribution < 1.29 is 17.9 Å². The lowest BCUT2D eigenvalue weighted by atomic mass is 10.1. The van der Waals surface area contributed by atoms with Crippen molar-refractivity contribution >= 4 is 27.3 Å². The van der Waals surface area contributed by atoms with Gasteiger partial charge in [-0.25, -0.2) is 8.42 Å². The van der Waals surface area contributed by atoms with Crippen LogP contribution in [0.3, 0.4) is 0 Å². The number of nitrogens with zero attached hydrogens (tertiary/aromatic N) is 2. The van der Waals surface area contributed by atoms with E-state index < -0.39 is 10.0 Å². The Bertz CT molecular complexity index is 954. The highest BCUT2D eigenvalue weighted by Gasteiger charge is 2.31. The molecule has 3 rings (SSSR count). The molecule has 7 heteroatoms. The summed E-state index contributed by atoms with van der Waals surface area (Å²) in [5.41, 5.74) is 2.25. The number of amides is 1. The third-order valence-electron chi connectivity index (χ3n) is 4.84. The van der Waals surface area contributed by atoms with Crippen molar-refractivity contribution in [3.63, 3.8) is 0 Å². The summed E-state index contributed by atoms with van der Waals surface area (Å²) in [6.45, 7) is 5.60. The summed E-state index contributed by atoms with van der Waals surface area (Å²) in [5, 5.41) is 0. The Hall–Kier alpha value is -2.54. The summed E-state index contributed by atoms with van der Waals surface area (Å²) in [4.78, 5) is 13.8. The molecule has 144 valence electrons. The maximum absolute atomic E-state index is 13.2. The number of benzene rings is 2. The fourth-order valence-electron chi connectivity index (χ4n) is 3.61. The Morgan fingerprint density at radius 2 is 1.89 bits per heavy atom. The third kappa shape index (κ3) is 3.39. The van der Waals surface area contributed by atoms with Crippen molar-refractivity contribution in [1.29, 1.82) is 0 Å². The van der Waals surface area contributed by atoms with Gasteiger partial charge >= 0.3 is 0 Å². The summed E-state index contributed by atoms with van der Waals surface area (Å²) in [6, 6.07) is 12.0. The van der Waals surface area contributed by atoms with E-state index in [1.54, 1.807) is 61.4 Å². The largest absolute Gasteiger partial charge is 0.497 e. The minimum atomic E-state index is -3.71. The zero-order valence-corrected chi connectivity index (χ0v) is 16.8. The topological polar surface area (TPSA) is 66.9 Å². The van der Waals surface area contributed by atoms with E-state index in [0.717, 1.165) is 11.3 Å². The molecule has 0 bridgehead atoms. The van der Waals surface area contributed by atoms with Crippen LogP contribution in [-0.2, 0) is 21.2 Å². The van der Waals surface area contributed by atoms with Gasteiger partial charge in [-0.15, -0.1) is 0 Å². The first kappa shape index (κ1) is 19.2. The van der Waals surface area contributed by atoms with Gasteiger partial charge in [0.05, 0.1) is 17.7 Å². The molecule has 0 fully saturated rings. The number of rotatable bonds is 5. The number of methoxy groups -OCH3 is 1. The second-order valence-electron chi connectivity index (χ2n) is 6.60. The van der Waals surface area contributed by atoms with E-state index in [2.05, 4.69) is 0 Å². The number of carbonyl (C=O) groups excluding carboxylic acids is 1. The molecule has 0 spiro atoms. The van der Waals surface area contributed by atoms with Gasteiger partial charge in [0.2, 0.25) is 5.91 Å². The summed E-state index contributed by atoms with van der Waals surface area (Å²) < 4.78 is 33.0. The average molecular weight is 388 g/mol. The third-order valence-corrected chi connectivity index (χ3v) is 6.74. The number of ether oxygens (including phenoxy) is 1. The van der Waals surface area contributed by atoms with E-state index in [9.17, 15) is 13.2 Å². The summed E-state index contributed by atoms with van der Waals surface area (Å²) in [7, 11) is -2.14. The summed E-state index contributed by atoms with van der Waals surface area (Å²) in [5.74, 6) is 0.633. The van der Waals surface area contributed by atoms with Crippen molar-refractivity contribution in [1.82, 2.24) is 0 Å². The van der Waals surface area contributed by atoms with E-state index in [1.165, 1.54) is 11.2 Å². The monoisotopic (exact) mass is 388 g/mol. The predicted molar refractivity (Wildman–Crippen MR) is 106 cm³/mol. The Balaban J connectivity index is 1.99. The van der Waals surface area contributed by atoms with Crippen molar-refractivity contribution in [3.8, 4) is 5.75 Å². The molecule has 6 nitrogen and oxygen atoms in total. The Morgan fingerprint density at radius 1 is 1.22 bits per heavy atom. The maximum atomic E-state index is 13.2. The molecule has 1 heterocycles. The van der Waals surface area contributed by atoms with Crippen molar-refractivity contribution in [2.45, 2.75) is 38.1 Å². The van der Waals surface area contributed by atoms with E-state index >= 15 is 0 Å². The normalized spacial score (nSPS) is 16.1. The van der Waals surface area contributed by atoms with Gasteiger partial charge in [-0.3, -0.25) is 9.10 Å². The van der Waals surface area contributed by atoms with Crippen LogP contribution in [0.1, 0.15) is 26.3 Å². The second-order valence-corrected chi connectivity index (χ2v) is 8.46. The van der Waals surface area contributed by atoms with Gasteiger partial charge in [0.1, 0.15) is 5.75 Å². The molecule has 2 aromatic carbocycles. The molecule has 0 aliphatic carbocycles. The number of anilines is 2. The molecule has 1 amide bonds. The van der Waals surface area contributed by atoms with E-state index in [-0.39, 0.29) is 16.8 Å². The predicted octanol–water partition coefficient (Wildman–Crippen LogP) is 3.21. The minimum Gasteiger partial charge on any atom is -0.497 e. The van der Waals surface area contributed by atoms with Crippen LogP contribution in [0.2, 0.25) is 0 Å². The van der Waals surface area contributed by atoms with Gasteiger partial charge in [0.15, 0.2) is 0 Å². The molecule has 2 aromatic rings. The molecule has 1 aliphatic rings. The van der Waals surface area contributed by atoms with Crippen LogP contribution in [-0.4, -0.2) is 34.0 Å². The summed E-state index contributed by atoms with van der Waals surface area (Å²) in [6.07, 6.45) is 0.646. The number of fused-ring (bicyclic) bond motifs is 1. The molecule has 0 saturated carbocycles. The first-order valence-electron chi connectivity index (χ1n) is 8.89. The molecule has 27 heavy (non-hydrogen) atoms. The molecule has 0 radical (unpaired) electrons. The zero-order chi connectivity index (χ0) is 19.8. The van der Waals surface area contributed by atoms with Crippen molar-refractivity contribution in [3.05, 3.63) is 48.0 Å². The van der Waals surface area contributed by atoms with Gasteiger partial charge < -0.3 is 9.64 Å². The van der Waals surface area contributed by atoms with E-state index in [4.69, 9.17) is 4.74 Å². The molecular weight excluding hydrogens is 364 g/mol. The Kier molecular flexibility index (Phi) is 5.15. The van der Waals surface area contributed by atoms with Crippen molar-refractivity contribution in [2.75, 3.05) is 22.9 Å². The molecular formula is C20H24N2O4S. The number of hydrogen-bond acceptors (Lipinski definition) is 4. The molecule has 0 unspecified atom stereocenters. The number of carbonyl (C=O) groups is 1. The standard InChI is InChI=1S/C20H24N2O4S/c1-5-21(17-6-8-18(26-4)9-7-17)27(24,25)19-10-11-20-16(13-19)12-14(2)22(20)15(3)23/h6-11,13-14H,5,12H2,1-4H3/t14-/m1/s1. The number of hydrogen-bond donors (Lipinski definition) is 0. The molecule has 0 saturated heterocycles. The minimum absolute atomic E-state index is 0.0271.